The van der Waals surface area contributed by atoms with Crippen LogP contribution >= 0.6 is 15.9 Å². The maximum atomic E-state index is 12.5. The Bertz CT molecular complexity index is 732. The zero-order chi connectivity index (χ0) is 15.5. The van der Waals surface area contributed by atoms with E-state index in [0.29, 0.717) is 21.7 Å². The van der Waals surface area contributed by atoms with E-state index in [1.165, 1.54) is 20.3 Å². The van der Waals surface area contributed by atoms with Crippen LogP contribution in [-0.4, -0.2) is 22.6 Å². The van der Waals surface area contributed by atoms with Gasteiger partial charge in [-0.15, -0.1) is 0 Å². The molecule has 0 atom stereocenters. The highest BCUT2D eigenvalue weighted by Gasteiger charge is 2.21. The molecular weight excluding hydrogens is 358 g/mol. The molecule has 0 aliphatic carbocycles. The summed E-state index contributed by atoms with van der Waals surface area (Å²) in [4.78, 5) is 0.0732. The van der Waals surface area contributed by atoms with Crippen LogP contribution in [0.25, 0.3) is 0 Å². The van der Waals surface area contributed by atoms with Crippen LogP contribution in [0.2, 0.25) is 0 Å². The Morgan fingerprint density at radius 1 is 1.00 bits per heavy atom. The van der Waals surface area contributed by atoms with Gasteiger partial charge in [-0.2, -0.15) is 0 Å². The highest BCUT2D eigenvalue weighted by molar-refractivity contribution is 9.10. The summed E-state index contributed by atoms with van der Waals surface area (Å²) in [6.07, 6.45) is 0. The summed E-state index contributed by atoms with van der Waals surface area (Å²) in [6, 6.07) is 11.6. The normalized spacial score (nSPS) is 11.0. The molecule has 0 heterocycles. The number of methoxy groups -OCH3 is 2. The van der Waals surface area contributed by atoms with E-state index >= 15 is 0 Å². The van der Waals surface area contributed by atoms with E-state index in [2.05, 4.69) is 20.7 Å². The first-order valence-electron chi connectivity index (χ1n) is 5.97. The molecule has 0 aliphatic heterocycles. The van der Waals surface area contributed by atoms with Crippen LogP contribution in [0.4, 0.5) is 5.69 Å². The topological polar surface area (TPSA) is 64.6 Å². The Hall–Kier alpha value is -1.73. The Kier molecular flexibility index (Phi) is 4.74. The molecule has 112 valence electrons. The second-order valence-electron chi connectivity index (χ2n) is 4.11. The molecule has 0 amide bonds. The SMILES string of the molecule is COc1cc(Br)c(S(=O)(=O)Nc2ccccc2)cc1OC. The molecule has 2 aromatic carbocycles. The van der Waals surface area contributed by atoms with Gasteiger partial charge in [0.1, 0.15) is 4.90 Å². The summed E-state index contributed by atoms with van der Waals surface area (Å²) >= 11 is 3.25. The smallest absolute Gasteiger partial charge is 0.263 e. The number of ether oxygens (including phenoxy) is 2. The van der Waals surface area contributed by atoms with Crippen molar-refractivity contribution < 1.29 is 17.9 Å². The summed E-state index contributed by atoms with van der Waals surface area (Å²) in [7, 11) is -0.796. The molecule has 0 fully saturated rings. The predicted molar refractivity (Wildman–Crippen MR) is 84.5 cm³/mol. The summed E-state index contributed by atoms with van der Waals surface area (Å²) in [5, 5.41) is 0. The van der Waals surface area contributed by atoms with Gasteiger partial charge < -0.3 is 9.47 Å². The Morgan fingerprint density at radius 2 is 1.57 bits per heavy atom. The fourth-order valence-electron chi connectivity index (χ4n) is 1.76. The average molecular weight is 372 g/mol. The number of hydrogen-bond acceptors (Lipinski definition) is 4. The molecule has 0 bridgehead atoms. The molecule has 0 aliphatic rings. The minimum Gasteiger partial charge on any atom is -0.493 e. The van der Waals surface area contributed by atoms with E-state index in [9.17, 15) is 8.42 Å². The van der Waals surface area contributed by atoms with Gasteiger partial charge in [0.2, 0.25) is 0 Å². The number of anilines is 1. The van der Waals surface area contributed by atoms with E-state index < -0.39 is 10.0 Å². The largest absolute Gasteiger partial charge is 0.493 e. The van der Waals surface area contributed by atoms with Gasteiger partial charge in [-0.1, -0.05) is 18.2 Å². The lowest BCUT2D eigenvalue weighted by Gasteiger charge is -2.13. The summed E-state index contributed by atoms with van der Waals surface area (Å²) in [6.45, 7) is 0. The number of benzene rings is 2. The van der Waals surface area contributed by atoms with Crippen LogP contribution < -0.4 is 14.2 Å². The van der Waals surface area contributed by atoms with Gasteiger partial charge >= 0.3 is 0 Å². The van der Waals surface area contributed by atoms with Gasteiger partial charge in [-0.05, 0) is 34.1 Å². The second-order valence-corrected chi connectivity index (χ2v) is 6.61. The molecule has 0 spiro atoms. The summed E-state index contributed by atoms with van der Waals surface area (Å²) in [5.74, 6) is 0.789. The van der Waals surface area contributed by atoms with Crippen molar-refractivity contribution in [2.24, 2.45) is 0 Å². The van der Waals surface area contributed by atoms with Crippen molar-refractivity contribution in [1.29, 1.82) is 0 Å². The number of sulfonamides is 1. The summed E-state index contributed by atoms with van der Waals surface area (Å²) in [5.41, 5.74) is 0.485. The third kappa shape index (κ3) is 3.48. The van der Waals surface area contributed by atoms with Crippen molar-refractivity contribution in [3.05, 3.63) is 46.9 Å². The number of halogens is 1. The number of nitrogens with one attached hydrogen (secondary N) is 1. The van der Waals surface area contributed by atoms with Crippen molar-refractivity contribution in [3.8, 4) is 11.5 Å². The molecule has 7 heteroatoms. The van der Waals surface area contributed by atoms with Crippen molar-refractivity contribution >= 4 is 31.6 Å². The molecule has 1 N–H and O–H groups in total. The second kappa shape index (κ2) is 6.36. The lowest BCUT2D eigenvalue weighted by atomic mass is 10.3. The van der Waals surface area contributed by atoms with Gasteiger partial charge in [0, 0.05) is 16.2 Å². The Labute approximate surface area is 132 Å². The van der Waals surface area contributed by atoms with E-state index in [4.69, 9.17) is 9.47 Å². The number of para-hydroxylation sites is 1. The molecule has 0 saturated heterocycles. The van der Waals surface area contributed by atoms with Crippen LogP contribution in [0, 0.1) is 0 Å². The Morgan fingerprint density at radius 3 is 2.14 bits per heavy atom. The van der Waals surface area contributed by atoms with Crippen LogP contribution in [-0.2, 0) is 10.0 Å². The zero-order valence-corrected chi connectivity index (χ0v) is 13.9. The third-order valence-electron chi connectivity index (χ3n) is 2.75. The maximum absolute atomic E-state index is 12.5. The van der Waals surface area contributed by atoms with E-state index in [-0.39, 0.29) is 4.90 Å². The van der Waals surface area contributed by atoms with Crippen molar-refractivity contribution in [3.63, 3.8) is 0 Å². The summed E-state index contributed by atoms with van der Waals surface area (Å²) < 4.78 is 38.1. The van der Waals surface area contributed by atoms with Crippen molar-refractivity contribution in [2.45, 2.75) is 4.90 Å². The lowest BCUT2D eigenvalue weighted by Crippen LogP contribution is -2.13. The van der Waals surface area contributed by atoms with Gasteiger partial charge in [0.05, 0.1) is 14.2 Å². The molecule has 2 aromatic rings. The molecule has 0 unspecified atom stereocenters. The lowest BCUT2D eigenvalue weighted by molar-refractivity contribution is 0.353. The van der Waals surface area contributed by atoms with Gasteiger partial charge in [-0.3, -0.25) is 4.72 Å². The van der Waals surface area contributed by atoms with E-state index in [0.717, 1.165) is 0 Å². The fraction of sp³-hybridized carbons (Fsp3) is 0.143. The van der Waals surface area contributed by atoms with Crippen LogP contribution in [0.5, 0.6) is 11.5 Å². The van der Waals surface area contributed by atoms with Crippen LogP contribution in [0.3, 0.4) is 0 Å². The first kappa shape index (κ1) is 15.7. The zero-order valence-electron chi connectivity index (χ0n) is 11.5. The maximum Gasteiger partial charge on any atom is 0.263 e. The molecule has 2 rings (SSSR count). The standard InChI is InChI=1S/C14H14BrNO4S/c1-19-12-8-11(15)14(9-13(12)20-2)21(17,18)16-10-6-4-3-5-7-10/h3-9,16H,1-2H3. The average Bonchev–Trinajstić information content (AvgIpc) is 2.47. The number of rotatable bonds is 5. The molecule has 21 heavy (non-hydrogen) atoms. The van der Waals surface area contributed by atoms with Crippen LogP contribution in [0.15, 0.2) is 51.8 Å². The predicted octanol–water partition coefficient (Wildman–Crippen LogP) is 3.27. The van der Waals surface area contributed by atoms with Gasteiger partial charge in [-0.25, -0.2) is 8.42 Å². The molecular formula is C14H14BrNO4S. The minimum atomic E-state index is -3.73. The molecule has 5 nitrogen and oxygen atoms in total. The highest BCUT2D eigenvalue weighted by Crippen LogP contribution is 2.36. The van der Waals surface area contributed by atoms with Crippen molar-refractivity contribution in [1.82, 2.24) is 0 Å². The molecule has 0 radical (unpaired) electrons. The highest BCUT2D eigenvalue weighted by atomic mass is 79.9. The van der Waals surface area contributed by atoms with Gasteiger partial charge in [0.25, 0.3) is 10.0 Å². The van der Waals surface area contributed by atoms with Crippen LogP contribution in [0.1, 0.15) is 0 Å². The first-order chi connectivity index (χ1) is 9.97. The fourth-order valence-corrected chi connectivity index (χ4v) is 3.85. The van der Waals surface area contributed by atoms with E-state index in [1.807, 2.05) is 6.07 Å². The third-order valence-corrected chi connectivity index (χ3v) is 5.09. The molecule has 0 aromatic heterocycles. The Balaban J connectivity index is 2.45. The quantitative estimate of drug-likeness (QED) is 0.875. The van der Waals surface area contributed by atoms with E-state index in [1.54, 1.807) is 30.3 Å². The number of hydrogen-bond donors (Lipinski definition) is 1. The first-order valence-corrected chi connectivity index (χ1v) is 8.25. The monoisotopic (exact) mass is 371 g/mol. The van der Waals surface area contributed by atoms with Gasteiger partial charge in [0.15, 0.2) is 11.5 Å². The molecule has 0 saturated carbocycles. The minimum absolute atomic E-state index is 0.0732. The van der Waals surface area contributed by atoms with Crippen molar-refractivity contribution in [2.75, 3.05) is 18.9 Å².